The number of tetrazole rings is 1. The number of aliphatic hydroxyl groups is 1. The van der Waals surface area contributed by atoms with E-state index in [1.54, 1.807) is 6.92 Å². The number of aliphatic hydroxyl groups excluding tert-OH is 1. The first kappa shape index (κ1) is 13.4. The van der Waals surface area contributed by atoms with E-state index in [9.17, 15) is 9.50 Å². The molecule has 5 nitrogen and oxygen atoms in total. The Morgan fingerprint density at radius 1 is 1.14 bits per heavy atom. The van der Waals surface area contributed by atoms with Crippen molar-refractivity contribution in [2.75, 3.05) is 0 Å². The lowest BCUT2D eigenvalue weighted by Gasteiger charge is -2.10. The van der Waals surface area contributed by atoms with Gasteiger partial charge < -0.3 is 5.11 Å². The molecule has 2 aromatic carbocycles. The minimum Gasteiger partial charge on any atom is -0.389 e. The molecule has 0 aliphatic heterocycles. The van der Waals surface area contributed by atoms with Crippen LogP contribution in [0.4, 0.5) is 4.39 Å². The number of nitrogens with zero attached hydrogens (tertiary/aromatic N) is 4. The van der Waals surface area contributed by atoms with Crippen LogP contribution in [0.5, 0.6) is 0 Å². The Labute approximate surface area is 120 Å². The summed E-state index contributed by atoms with van der Waals surface area (Å²) in [6.45, 7) is 1.56. The third-order valence-electron chi connectivity index (χ3n) is 3.10. The highest BCUT2D eigenvalue weighted by atomic mass is 19.1. The number of benzene rings is 2. The molecule has 1 N–H and O–H groups in total. The monoisotopic (exact) mass is 284 g/mol. The van der Waals surface area contributed by atoms with Gasteiger partial charge in [-0.1, -0.05) is 30.3 Å². The van der Waals surface area contributed by atoms with Gasteiger partial charge >= 0.3 is 0 Å². The van der Waals surface area contributed by atoms with Gasteiger partial charge in [0.2, 0.25) is 5.82 Å². The molecule has 0 fully saturated rings. The second-order valence-electron chi connectivity index (χ2n) is 4.65. The molecule has 106 valence electrons. The van der Waals surface area contributed by atoms with Crippen LogP contribution in [0.2, 0.25) is 0 Å². The molecule has 1 heterocycles. The van der Waals surface area contributed by atoms with Crippen molar-refractivity contribution in [1.82, 2.24) is 20.2 Å². The quantitative estimate of drug-likeness (QED) is 0.802. The maximum absolute atomic E-state index is 13.3. The van der Waals surface area contributed by atoms with Crippen LogP contribution < -0.4 is 0 Å². The Bertz CT molecular complexity index is 755. The van der Waals surface area contributed by atoms with Crippen molar-refractivity contribution in [3.8, 4) is 17.1 Å². The number of halogens is 1. The van der Waals surface area contributed by atoms with E-state index < -0.39 is 11.9 Å². The van der Waals surface area contributed by atoms with Gasteiger partial charge in [-0.3, -0.25) is 0 Å². The Hall–Kier alpha value is -2.60. The van der Waals surface area contributed by atoms with Crippen LogP contribution >= 0.6 is 0 Å². The summed E-state index contributed by atoms with van der Waals surface area (Å²) in [7, 11) is 0. The molecule has 0 bridgehead atoms. The largest absolute Gasteiger partial charge is 0.389 e. The first-order valence-corrected chi connectivity index (χ1v) is 6.48. The molecule has 0 unspecified atom stereocenters. The predicted octanol–water partition coefficient (Wildman–Crippen LogP) is 2.52. The third kappa shape index (κ3) is 2.66. The van der Waals surface area contributed by atoms with Crippen LogP contribution in [-0.2, 0) is 0 Å². The molecule has 3 aromatic rings. The van der Waals surface area contributed by atoms with Crippen LogP contribution in [0, 0.1) is 5.82 Å². The molecule has 0 aliphatic rings. The molecule has 0 saturated carbocycles. The Morgan fingerprint density at radius 2 is 1.90 bits per heavy atom. The van der Waals surface area contributed by atoms with Gasteiger partial charge in [0.1, 0.15) is 5.82 Å². The second-order valence-corrected chi connectivity index (χ2v) is 4.65. The molecule has 1 atom stereocenters. The van der Waals surface area contributed by atoms with Crippen molar-refractivity contribution in [2.45, 2.75) is 13.0 Å². The highest BCUT2D eigenvalue weighted by molar-refractivity contribution is 5.53. The Morgan fingerprint density at radius 3 is 2.62 bits per heavy atom. The van der Waals surface area contributed by atoms with Crippen LogP contribution in [0.1, 0.15) is 18.6 Å². The van der Waals surface area contributed by atoms with Gasteiger partial charge in [-0.15, -0.1) is 15.0 Å². The molecule has 0 amide bonds. The summed E-state index contributed by atoms with van der Waals surface area (Å²) in [5.74, 6) is 0.0505. The van der Waals surface area contributed by atoms with Gasteiger partial charge in [0.25, 0.3) is 0 Å². The van der Waals surface area contributed by atoms with E-state index in [2.05, 4.69) is 15.4 Å². The van der Waals surface area contributed by atoms with Gasteiger partial charge in [0.15, 0.2) is 0 Å². The molecular formula is C15H13FN4O. The first-order valence-electron chi connectivity index (χ1n) is 6.48. The zero-order valence-electron chi connectivity index (χ0n) is 11.3. The maximum Gasteiger partial charge on any atom is 0.205 e. The molecule has 0 spiro atoms. The average molecular weight is 284 g/mol. The second kappa shape index (κ2) is 5.41. The summed E-state index contributed by atoms with van der Waals surface area (Å²) in [6, 6.07) is 13.5. The van der Waals surface area contributed by atoms with E-state index in [-0.39, 0.29) is 0 Å². The number of aromatic nitrogens is 4. The lowest BCUT2D eigenvalue weighted by Crippen LogP contribution is -2.06. The molecule has 0 aliphatic carbocycles. The van der Waals surface area contributed by atoms with Crippen LogP contribution in [-0.4, -0.2) is 25.3 Å². The summed E-state index contributed by atoms with van der Waals surface area (Å²) < 4.78 is 13.3. The van der Waals surface area contributed by atoms with E-state index in [1.165, 1.54) is 23.0 Å². The van der Waals surface area contributed by atoms with E-state index in [0.717, 1.165) is 5.56 Å². The van der Waals surface area contributed by atoms with Crippen molar-refractivity contribution < 1.29 is 9.50 Å². The number of rotatable bonds is 3. The lowest BCUT2D eigenvalue weighted by molar-refractivity contribution is 0.198. The Balaban J connectivity index is 2.05. The van der Waals surface area contributed by atoms with Gasteiger partial charge in [-0.05, 0) is 30.3 Å². The topological polar surface area (TPSA) is 63.8 Å². The van der Waals surface area contributed by atoms with Gasteiger partial charge in [-0.2, -0.15) is 0 Å². The van der Waals surface area contributed by atoms with Crippen molar-refractivity contribution >= 4 is 0 Å². The summed E-state index contributed by atoms with van der Waals surface area (Å²) in [4.78, 5) is 1.30. The van der Waals surface area contributed by atoms with Crippen molar-refractivity contribution in [2.24, 2.45) is 0 Å². The summed E-state index contributed by atoms with van der Waals surface area (Å²) in [6.07, 6.45) is -0.832. The van der Waals surface area contributed by atoms with Crippen molar-refractivity contribution in [3.05, 3.63) is 59.9 Å². The fourth-order valence-corrected chi connectivity index (χ4v) is 2.06. The molecule has 0 saturated heterocycles. The smallest absolute Gasteiger partial charge is 0.205 e. The standard InChI is InChI=1S/C15H13FN4O/c1-10(21)13-9-12(16)7-8-14(13)20-18-15(17-19-20)11-5-3-2-4-6-11/h2-10,21H,1H3/t10-/m0/s1. The van der Waals surface area contributed by atoms with E-state index >= 15 is 0 Å². The molecular weight excluding hydrogens is 271 g/mol. The van der Waals surface area contributed by atoms with Crippen molar-refractivity contribution in [1.29, 1.82) is 0 Å². The molecule has 0 radical (unpaired) electrons. The Kier molecular flexibility index (Phi) is 3.45. The fraction of sp³-hybridized carbons (Fsp3) is 0.133. The normalized spacial score (nSPS) is 12.3. The summed E-state index contributed by atoms with van der Waals surface area (Å²) >= 11 is 0. The van der Waals surface area contributed by atoms with Crippen molar-refractivity contribution in [3.63, 3.8) is 0 Å². The maximum atomic E-state index is 13.3. The van der Waals surface area contributed by atoms with Gasteiger partial charge in [0, 0.05) is 11.1 Å². The van der Waals surface area contributed by atoms with E-state index in [1.807, 2.05) is 30.3 Å². The van der Waals surface area contributed by atoms with E-state index in [4.69, 9.17) is 0 Å². The minimum atomic E-state index is -0.832. The predicted molar refractivity (Wildman–Crippen MR) is 75.2 cm³/mol. The fourth-order valence-electron chi connectivity index (χ4n) is 2.06. The zero-order chi connectivity index (χ0) is 14.8. The number of hydrogen-bond donors (Lipinski definition) is 1. The molecule has 1 aromatic heterocycles. The van der Waals surface area contributed by atoms with Crippen LogP contribution in [0.15, 0.2) is 48.5 Å². The average Bonchev–Trinajstić information content (AvgIpc) is 2.97. The molecule has 21 heavy (non-hydrogen) atoms. The highest BCUT2D eigenvalue weighted by Crippen LogP contribution is 2.22. The van der Waals surface area contributed by atoms with Crippen LogP contribution in [0.3, 0.4) is 0 Å². The van der Waals surface area contributed by atoms with Gasteiger partial charge in [0.05, 0.1) is 11.8 Å². The third-order valence-corrected chi connectivity index (χ3v) is 3.10. The summed E-state index contributed by atoms with van der Waals surface area (Å²) in [5.41, 5.74) is 1.75. The number of hydrogen-bond acceptors (Lipinski definition) is 4. The SMILES string of the molecule is C[C@H](O)c1cc(F)ccc1-n1nnc(-c2ccccc2)n1. The van der Waals surface area contributed by atoms with Gasteiger partial charge in [-0.25, -0.2) is 4.39 Å². The summed E-state index contributed by atoms with van der Waals surface area (Å²) in [5, 5.41) is 22.0. The van der Waals surface area contributed by atoms with E-state index in [0.29, 0.717) is 17.1 Å². The highest BCUT2D eigenvalue weighted by Gasteiger charge is 2.14. The zero-order valence-corrected chi connectivity index (χ0v) is 11.3. The lowest BCUT2D eigenvalue weighted by atomic mass is 10.1. The molecule has 6 heteroatoms. The minimum absolute atomic E-state index is 0.409. The molecule has 3 rings (SSSR count). The van der Waals surface area contributed by atoms with Crippen LogP contribution in [0.25, 0.3) is 17.1 Å². The first-order chi connectivity index (χ1) is 10.1.